The molecule has 0 unspecified atom stereocenters. The molecule has 0 bridgehead atoms. The number of hydrogen-bond donors (Lipinski definition) is 0. The van der Waals surface area contributed by atoms with Gasteiger partial charge in [-0.25, -0.2) is 0 Å². The van der Waals surface area contributed by atoms with Crippen molar-refractivity contribution >= 4 is 0 Å². The number of hydrogen-bond acceptors (Lipinski definition) is 0. The predicted octanol–water partition coefficient (Wildman–Crippen LogP) is 12.6. The van der Waals surface area contributed by atoms with Gasteiger partial charge in [-0.1, -0.05) is 252 Å². The Kier molecular flexibility index (Phi) is 61.0. The first-order valence-corrected chi connectivity index (χ1v) is 26.9. The summed E-state index contributed by atoms with van der Waals surface area (Å²) in [4.78, 5) is 0. The highest BCUT2D eigenvalue weighted by Gasteiger charge is 2.13. The number of nitrogens with zero attached hydrogens (tertiary/aromatic N) is 2. The van der Waals surface area contributed by atoms with Crippen molar-refractivity contribution in [1.82, 2.24) is 0 Å². The fourth-order valence-electron chi connectivity index (χ4n) is 8.47. The fourth-order valence-corrected chi connectivity index (χ4v) is 8.47. The lowest BCUT2D eigenvalue weighted by molar-refractivity contribution is -0.890. The third-order valence-corrected chi connectivity index (χ3v) is 13.2. The maximum Gasteiger partial charge on any atom is 0.0782 e. The molecule has 0 N–H and O–H groups in total. The van der Waals surface area contributed by atoms with Gasteiger partial charge in [-0.3, -0.25) is 0 Å². The average molecular weight is 953 g/mol. The summed E-state index contributed by atoms with van der Waals surface area (Å²) in [5.41, 5.74) is 0. The molecule has 58 heavy (non-hydrogen) atoms. The topological polar surface area (TPSA) is 0 Å². The van der Waals surface area contributed by atoms with Gasteiger partial charge in [0.05, 0.1) is 54.4 Å². The van der Waals surface area contributed by atoms with E-state index in [-0.39, 0.29) is 34.0 Å². The van der Waals surface area contributed by atoms with Gasteiger partial charge in [-0.05, 0) is 45.4 Å². The molecule has 0 aromatic rings. The largest absolute Gasteiger partial charge is 1.00 e. The standard InChI is InChI=1S/C38H80N.C16H36N.2BrH/c1-5-7-9-11-13-15-17-19-21-23-25-27-29-31-33-35-37-39(3,4)38-36-34-32-30-28-26-24-22-20-18-16-14-12-10-8-6-2;1-5-7-8-9-10-11-12-13-14-15-16-17(3,4)6-2;;/h5-38H2,1-4H3;5-16H2,1-4H3;2*1H/q2*+1;;/p-2. The molecular weight excluding hydrogens is 836 g/mol. The molecule has 0 rings (SSSR count). The van der Waals surface area contributed by atoms with Crippen LogP contribution in [0.1, 0.15) is 297 Å². The van der Waals surface area contributed by atoms with Gasteiger partial charge >= 0.3 is 0 Å². The lowest BCUT2D eigenvalue weighted by Gasteiger charge is -2.30. The molecule has 0 saturated carbocycles. The Labute approximate surface area is 392 Å². The van der Waals surface area contributed by atoms with Crippen LogP contribution in [-0.2, 0) is 0 Å². The third kappa shape index (κ3) is 59.0. The minimum Gasteiger partial charge on any atom is -1.00 e. The van der Waals surface area contributed by atoms with Crippen molar-refractivity contribution in [2.24, 2.45) is 0 Å². The molecule has 0 aliphatic heterocycles. The van der Waals surface area contributed by atoms with Crippen molar-refractivity contribution in [2.75, 3.05) is 54.4 Å². The average Bonchev–Trinajstić information content (AvgIpc) is 3.18. The zero-order valence-corrected chi connectivity index (χ0v) is 45.3. The monoisotopic (exact) mass is 951 g/mol. The summed E-state index contributed by atoms with van der Waals surface area (Å²) >= 11 is 0. The van der Waals surface area contributed by atoms with Crippen molar-refractivity contribution in [3.8, 4) is 0 Å². The smallest absolute Gasteiger partial charge is 0.0782 e. The van der Waals surface area contributed by atoms with Crippen LogP contribution >= 0.6 is 0 Å². The Morgan fingerprint density at radius 2 is 0.328 bits per heavy atom. The minimum absolute atomic E-state index is 0. The van der Waals surface area contributed by atoms with Crippen LogP contribution in [0, 0.1) is 0 Å². The van der Waals surface area contributed by atoms with E-state index in [0.29, 0.717) is 0 Å². The van der Waals surface area contributed by atoms with E-state index in [1.165, 1.54) is 305 Å². The molecule has 0 fully saturated rings. The molecule has 0 aromatic carbocycles. The molecule has 0 aromatic heterocycles. The SMILES string of the molecule is CCCCCCCCCCCCCCCCCC[N+](C)(C)CCCCCCCCCCCCCCCCCC.CCCCCCCCCCCC[N+](C)(C)CC.[Br-].[Br-]. The molecular formula is C54H116Br2N2. The van der Waals surface area contributed by atoms with Crippen LogP contribution in [0.2, 0.25) is 0 Å². The highest BCUT2D eigenvalue weighted by Crippen LogP contribution is 2.17. The Morgan fingerprint density at radius 3 is 0.483 bits per heavy atom. The number of rotatable bonds is 46. The number of unbranched alkanes of at least 4 members (excludes halogenated alkanes) is 39. The summed E-state index contributed by atoms with van der Waals surface area (Å²) in [5, 5.41) is 0. The summed E-state index contributed by atoms with van der Waals surface area (Å²) < 4.78 is 2.44. The summed E-state index contributed by atoms with van der Waals surface area (Å²) in [6.45, 7) is 14.6. The van der Waals surface area contributed by atoms with Gasteiger partial charge in [0.1, 0.15) is 0 Å². The first-order valence-electron chi connectivity index (χ1n) is 26.9. The van der Waals surface area contributed by atoms with Crippen molar-refractivity contribution in [2.45, 2.75) is 297 Å². The maximum absolute atomic E-state index is 2.47. The zero-order valence-electron chi connectivity index (χ0n) is 42.2. The molecule has 2 nitrogen and oxygen atoms in total. The molecule has 0 saturated heterocycles. The van der Waals surface area contributed by atoms with Gasteiger partial charge in [0.25, 0.3) is 0 Å². The lowest BCUT2D eigenvalue weighted by atomic mass is 10.0. The van der Waals surface area contributed by atoms with Crippen LogP contribution < -0.4 is 34.0 Å². The molecule has 0 amide bonds. The van der Waals surface area contributed by atoms with Crippen molar-refractivity contribution < 1.29 is 42.9 Å². The molecule has 0 spiro atoms. The Bertz CT molecular complexity index is 659. The van der Waals surface area contributed by atoms with Gasteiger partial charge in [-0.15, -0.1) is 0 Å². The zero-order chi connectivity index (χ0) is 41.5. The molecule has 0 aliphatic carbocycles. The Hall–Kier alpha value is 0.880. The second-order valence-electron chi connectivity index (χ2n) is 20.1. The third-order valence-electron chi connectivity index (χ3n) is 13.2. The van der Waals surface area contributed by atoms with Crippen LogP contribution in [0.5, 0.6) is 0 Å². The van der Waals surface area contributed by atoms with Crippen LogP contribution in [0.15, 0.2) is 0 Å². The van der Waals surface area contributed by atoms with Gasteiger partial charge in [-0.2, -0.15) is 0 Å². The quantitative estimate of drug-likeness (QED) is 0.0421. The molecule has 0 heterocycles. The first-order chi connectivity index (χ1) is 27.2. The fraction of sp³-hybridized carbons (Fsp3) is 1.00. The van der Waals surface area contributed by atoms with Gasteiger partial charge in [0.15, 0.2) is 0 Å². The van der Waals surface area contributed by atoms with Gasteiger partial charge in [0.2, 0.25) is 0 Å². The van der Waals surface area contributed by atoms with Crippen molar-refractivity contribution in [1.29, 1.82) is 0 Å². The van der Waals surface area contributed by atoms with Crippen molar-refractivity contribution in [3.63, 3.8) is 0 Å². The molecule has 356 valence electrons. The first kappa shape index (κ1) is 65.5. The van der Waals surface area contributed by atoms with Crippen LogP contribution in [0.25, 0.3) is 0 Å². The number of quaternary nitrogens is 2. The molecule has 4 heteroatoms. The summed E-state index contributed by atoms with van der Waals surface area (Å²) in [6, 6.07) is 0. The minimum atomic E-state index is 0. The second kappa shape index (κ2) is 54.0. The molecule has 0 radical (unpaired) electrons. The van der Waals surface area contributed by atoms with Crippen LogP contribution in [0.4, 0.5) is 0 Å². The Balaban J connectivity index is -0.000000645. The van der Waals surface area contributed by atoms with E-state index in [0.717, 1.165) is 0 Å². The highest BCUT2D eigenvalue weighted by atomic mass is 79.9. The van der Waals surface area contributed by atoms with Gasteiger partial charge < -0.3 is 42.9 Å². The summed E-state index contributed by atoms with van der Waals surface area (Å²) in [7, 11) is 9.62. The van der Waals surface area contributed by atoms with Crippen molar-refractivity contribution in [3.05, 3.63) is 0 Å². The van der Waals surface area contributed by atoms with E-state index in [9.17, 15) is 0 Å². The molecule has 0 atom stereocenters. The van der Waals surface area contributed by atoms with E-state index < -0.39 is 0 Å². The number of halogens is 2. The van der Waals surface area contributed by atoms with Gasteiger partial charge in [0, 0.05) is 0 Å². The van der Waals surface area contributed by atoms with E-state index in [1.54, 1.807) is 0 Å². The van der Waals surface area contributed by atoms with E-state index >= 15 is 0 Å². The Morgan fingerprint density at radius 1 is 0.190 bits per heavy atom. The maximum atomic E-state index is 2.47. The van der Waals surface area contributed by atoms with E-state index in [1.807, 2.05) is 0 Å². The van der Waals surface area contributed by atoms with E-state index in [2.05, 4.69) is 55.9 Å². The predicted molar refractivity (Wildman–Crippen MR) is 260 cm³/mol. The summed E-state index contributed by atoms with van der Waals surface area (Å²) in [6.07, 6.45) is 61.4. The van der Waals surface area contributed by atoms with Crippen LogP contribution in [0.3, 0.4) is 0 Å². The molecule has 0 aliphatic rings. The normalized spacial score (nSPS) is 11.6. The highest BCUT2D eigenvalue weighted by molar-refractivity contribution is 4.53. The van der Waals surface area contributed by atoms with E-state index in [4.69, 9.17) is 0 Å². The summed E-state index contributed by atoms with van der Waals surface area (Å²) in [5.74, 6) is 0. The lowest BCUT2D eigenvalue weighted by Crippen LogP contribution is -3.00. The second-order valence-corrected chi connectivity index (χ2v) is 20.1. The van der Waals surface area contributed by atoms with Crippen LogP contribution in [-0.4, -0.2) is 63.3 Å².